The molecule has 3 rings (SSSR count). The van der Waals surface area contributed by atoms with Crippen molar-refractivity contribution in [3.05, 3.63) is 34.7 Å². The minimum Gasteiger partial charge on any atom is -0.356 e. The fourth-order valence-corrected chi connectivity index (χ4v) is 4.15. The van der Waals surface area contributed by atoms with Crippen LogP contribution in [0, 0.1) is 0 Å². The predicted octanol–water partition coefficient (Wildman–Crippen LogP) is 1.81. The van der Waals surface area contributed by atoms with Gasteiger partial charge in [-0.2, -0.15) is 0 Å². The topological polar surface area (TPSA) is 61.7 Å². The molecule has 1 saturated heterocycles. The van der Waals surface area contributed by atoms with E-state index in [1.807, 2.05) is 19.3 Å². The first-order chi connectivity index (χ1) is 12.8. The first-order valence-corrected chi connectivity index (χ1v) is 10.1. The number of hydrogen-bond donors (Lipinski definition) is 2. The molecule has 0 bridgehead atoms. The summed E-state index contributed by atoms with van der Waals surface area (Å²) < 4.78 is 1.77. The number of aliphatic imine (C=N–C) groups is 1. The van der Waals surface area contributed by atoms with Gasteiger partial charge < -0.3 is 15.2 Å². The van der Waals surface area contributed by atoms with Gasteiger partial charge in [-0.1, -0.05) is 18.9 Å². The zero-order valence-corrected chi connectivity index (χ0v) is 16.0. The van der Waals surface area contributed by atoms with Gasteiger partial charge in [-0.25, -0.2) is 0 Å². The molecule has 26 heavy (non-hydrogen) atoms. The van der Waals surface area contributed by atoms with Crippen LogP contribution in [0.25, 0.3) is 0 Å². The normalized spacial score (nSPS) is 22.0. The lowest BCUT2D eigenvalue weighted by Gasteiger charge is -2.24. The Hall–Kier alpha value is -1.82. The summed E-state index contributed by atoms with van der Waals surface area (Å²) in [7, 11) is 1.84. The molecule has 1 aliphatic carbocycles. The standard InChI is InChI=1S/C20H33N5O/c1-21-20(22-12-5-7-14-24-13-6-4-10-19(24)26)23-17-11-15-25(16-17)18-8-2-3-9-18/h4,6,10,13,17-18H,2-3,5,7-9,11-12,14-16H2,1H3,(H2,21,22,23). The molecule has 2 N–H and O–H groups in total. The van der Waals surface area contributed by atoms with Crippen molar-refractivity contribution in [2.75, 3.05) is 26.7 Å². The summed E-state index contributed by atoms with van der Waals surface area (Å²) in [6.07, 6.45) is 10.6. The quantitative estimate of drug-likeness (QED) is 0.443. The number of aryl methyl sites for hydroxylation is 1. The SMILES string of the molecule is CN=C(NCCCCn1ccccc1=O)NC1CCN(C2CCCC2)C1. The van der Waals surface area contributed by atoms with Gasteiger partial charge in [0.1, 0.15) is 0 Å². The molecule has 6 heteroatoms. The van der Waals surface area contributed by atoms with Gasteiger partial charge in [0.05, 0.1) is 0 Å². The summed E-state index contributed by atoms with van der Waals surface area (Å²) >= 11 is 0. The van der Waals surface area contributed by atoms with E-state index >= 15 is 0 Å². The molecule has 2 fully saturated rings. The van der Waals surface area contributed by atoms with Crippen molar-refractivity contribution in [2.24, 2.45) is 4.99 Å². The minimum absolute atomic E-state index is 0.0750. The summed E-state index contributed by atoms with van der Waals surface area (Å²) in [5.74, 6) is 0.903. The van der Waals surface area contributed by atoms with Crippen molar-refractivity contribution < 1.29 is 0 Å². The average molecular weight is 360 g/mol. The van der Waals surface area contributed by atoms with Crippen LogP contribution in [-0.4, -0.2) is 54.2 Å². The van der Waals surface area contributed by atoms with E-state index in [4.69, 9.17) is 0 Å². The molecule has 0 radical (unpaired) electrons. The maximum atomic E-state index is 11.7. The summed E-state index contributed by atoms with van der Waals surface area (Å²) in [4.78, 5) is 18.7. The third-order valence-electron chi connectivity index (χ3n) is 5.64. The summed E-state index contributed by atoms with van der Waals surface area (Å²) in [5, 5.41) is 6.99. The van der Waals surface area contributed by atoms with Crippen molar-refractivity contribution >= 4 is 5.96 Å². The van der Waals surface area contributed by atoms with Crippen LogP contribution in [0.4, 0.5) is 0 Å². The lowest BCUT2D eigenvalue weighted by Crippen LogP contribution is -2.45. The van der Waals surface area contributed by atoms with E-state index in [-0.39, 0.29) is 5.56 Å². The van der Waals surface area contributed by atoms with E-state index < -0.39 is 0 Å². The van der Waals surface area contributed by atoms with E-state index in [1.165, 1.54) is 38.6 Å². The van der Waals surface area contributed by atoms with Gasteiger partial charge in [-0.05, 0) is 38.2 Å². The van der Waals surface area contributed by atoms with E-state index in [2.05, 4.69) is 20.5 Å². The number of aromatic nitrogens is 1. The molecule has 6 nitrogen and oxygen atoms in total. The Bertz CT molecular complexity index is 635. The molecule has 1 aromatic heterocycles. The van der Waals surface area contributed by atoms with E-state index in [9.17, 15) is 4.79 Å². The highest BCUT2D eigenvalue weighted by Crippen LogP contribution is 2.26. The summed E-state index contributed by atoms with van der Waals surface area (Å²) in [6.45, 7) is 4.00. The van der Waals surface area contributed by atoms with E-state index in [0.717, 1.165) is 44.5 Å². The first kappa shape index (κ1) is 19.0. The first-order valence-electron chi connectivity index (χ1n) is 10.1. The Balaban J connectivity index is 1.32. The number of rotatable bonds is 7. The molecule has 2 aliphatic rings. The van der Waals surface area contributed by atoms with Crippen molar-refractivity contribution in [3.63, 3.8) is 0 Å². The Kier molecular flexibility index (Phi) is 7.12. The summed E-state index contributed by atoms with van der Waals surface area (Å²) in [6, 6.07) is 6.62. The number of hydrogen-bond acceptors (Lipinski definition) is 3. The minimum atomic E-state index is 0.0750. The van der Waals surface area contributed by atoms with E-state index in [1.54, 1.807) is 16.7 Å². The molecule has 2 heterocycles. The zero-order chi connectivity index (χ0) is 18.2. The van der Waals surface area contributed by atoms with Crippen LogP contribution >= 0.6 is 0 Å². The smallest absolute Gasteiger partial charge is 0.250 e. The van der Waals surface area contributed by atoms with Crippen molar-refractivity contribution in [1.29, 1.82) is 0 Å². The maximum Gasteiger partial charge on any atom is 0.250 e. The molecule has 1 saturated carbocycles. The highest BCUT2D eigenvalue weighted by molar-refractivity contribution is 5.79. The second-order valence-electron chi connectivity index (χ2n) is 7.50. The van der Waals surface area contributed by atoms with E-state index in [0.29, 0.717) is 6.04 Å². The molecule has 0 aromatic carbocycles. The Labute approximate surface area is 156 Å². The number of pyridine rings is 1. The molecule has 1 unspecified atom stereocenters. The third-order valence-corrected chi connectivity index (χ3v) is 5.64. The van der Waals surface area contributed by atoms with Crippen LogP contribution in [0.2, 0.25) is 0 Å². The Morgan fingerprint density at radius 2 is 2.08 bits per heavy atom. The van der Waals surface area contributed by atoms with Crippen molar-refractivity contribution in [2.45, 2.75) is 63.6 Å². The van der Waals surface area contributed by atoms with Crippen LogP contribution in [0.3, 0.4) is 0 Å². The molecular formula is C20H33N5O. The van der Waals surface area contributed by atoms with Crippen LogP contribution in [-0.2, 0) is 6.54 Å². The molecular weight excluding hydrogens is 326 g/mol. The van der Waals surface area contributed by atoms with Gasteiger partial charge in [0.15, 0.2) is 5.96 Å². The summed E-state index contributed by atoms with van der Waals surface area (Å²) in [5.41, 5.74) is 0.0750. The number of guanidine groups is 1. The Morgan fingerprint density at radius 1 is 1.23 bits per heavy atom. The van der Waals surface area contributed by atoms with Crippen LogP contribution < -0.4 is 16.2 Å². The van der Waals surface area contributed by atoms with Gasteiger partial charge in [0, 0.05) is 57.6 Å². The fourth-order valence-electron chi connectivity index (χ4n) is 4.15. The van der Waals surface area contributed by atoms with Gasteiger partial charge in [0.2, 0.25) is 5.56 Å². The van der Waals surface area contributed by atoms with Crippen molar-refractivity contribution in [1.82, 2.24) is 20.1 Å². The van der Waals surface area contributed by atoms with Crippen molar-refractivity contribution in [3.8, 4) is 0 Å². The highest BCUT2D eigenvalue weighted by atomic mass is 16.1. The molecule has 1 atom stereocenters. The molecule has 144 valence electrons. The largest absolute Gasteiger partial charge is 0.356 e. The molecule has 1 aromatic rings. The lowest BCUT2D eigenvalue weighted by atomic mass is 10.2. The average Bonchev–Trinajstić information content (AvgIpc) is 3.33. The number of unbranched alkanes of at least 4 members (excludes halogenated alkanes) is 1. The molecule has 0 spiro atoms. The van der Waals surface area contributed by atoms with Gasteiger partial charge in [-0.15, -0.1) is 0 Å². The fraction of sp³-hybridized carbons (Fsp3) is 0.700. The second-order valence-corrected chi connectivity index (χ2v) is 7.50. The zero-order valence-electron chi connectivity index (χ0n) is 16.0. The van der Waals surface area contributed by atoms with Crippen LogP contribution in [0.5, 0.6) is 0 Å². The van der Waals surface area contributed by atoms with Gasteiger partial charge in [-0.3, -0.25) is 14.7 Å². The van der Waals surface area contributed by atoms with Crippen LogP contribution in [0.1, 0.15) is 44.9 Å². The second kappa shape index (κ2) is 9.76. The lowest BCUT2D eigenvalue weighted by molar-refractivity contribution is 0.242. The Morgan fingerprint density at radius 3 is 2.85 bits per heavy atom. The number of nitrogens with zero attached hydrogens (tertiary/aromatic N) is 3. The predicted molar refractivity (Wildman–Crippen MR) is 107 cm³/mol. The van der Waals surface area contributed by atoms with Crippen LogP contribution in [0.15, 0.2) is 34.2 Å². The number of nitrogens with one attached hydrogen (secondary N) is 2. The maximum absolute atomic E-state index is 11.7. The van der Waals surface area contributed by atoms with Gasteiger partial charge >= 0.3 is 0 Å². The highest BCUT2D eigenvalue weighted by Gasteiger charge is 2.30. The third kappa shape index (κ3) is 5.34. The van der Waals surface area contributed by atoms with Gasteiger partial charge in [0.25, 0.3) is 0 Å². The molecule has 1 aliphatic heterocycles. The monoisotopic (exact) mass is 359 g/mol. The number of likely N-dealkylation sites (tertiary alicyclic amines) is 1. The molecule has 0 amide bonds.